The third-order valence-electron chi connectivity index (χ3n) is 3.88. The van der Waals surface area contributed by atoms with Gasteiger partial charge in [-0.05, 0) is 44.2 Å². The predicted octanol–water partition coefficient (Wildman–Crippen LogP) is 3.28. The van der Waals surface area contributed by atoms with Crippen LogP contribution in [-0.4, -0.2) is 28.6 Å². The molecule has 1 saturated heterocycles. The second kappa shape index (κ2) is 5.35. The largest absolute Gasteiger partial charge is 0.299 e. The molecule has 0 aromatic carbocycles. The number of hydrogen-bond acceptors (Lipinski definition) is 2. The highest BCUT2D eigenvalue weighted by molar-refractivity contribution is 5.24. The molecule has 1 aliphatic rings. The number of alkyl halides is 1. The second-order valence-electron chi connectivity index (χ2n) is 5.65. The Morgan fingerprint density at radius 2 is 2.06 bits per heavy atom. The zero-order chi connectivity index (χ0) is 13.2. The molecular weight excluding hydrogens is 227 g/mol. The molecule has 0 atom stereocenters. The Morgan fingerprint density at radius 3 is 2.61 bits per heavy atom. The molecule has 0 radical (unpaired) electrons. The Labute approximate surface area is 109 Å². The maximum Gasteiger partial charge on any atom is 0.110 e. The van der Waals surface area contributed by atoms with E-state index in [2.05, 4.69) is 29.8 Å². The molecule has 0 spiro atoms. The molecule has 0 unspecified atom stereocenters. The van der Waals surface area contributed by atoms with E-state index in [0.29, 0.717) is 12.8 Å². The van der Waals surface area contributed by atoms with Crippen LogP contribution in [-0.2, 0) is 13.0 Å². The first-order chi connectivity index (χ1) is 8.50. The molecule has 2 nitrogen and oxygen atoms in total. The van der Waals surface area contributed by atoms with Crippen LogP contribution in [0.25, 0.3) is 0 Å². The number of halogens is 1. The van der Waals surface area contributed by atoms with Crippen molar-refractivity contribution < 1.29 is 4.39 Å². The number of piperidine rings is 1. The number of hydrogen-bond donors (Lipinski definition) is 0. The maximum absolute atomic E-state index is 13.7. The first kappa shape index (κ1) is 13.5. The summed E-state index contributed by atoms with van der Waals surface area (Å²) in [5.41, 5.74) is 2.72. The summed E-state index contributed by atoms with van der Waals surface area (Å²) in [6.07, 6.45) is 4.24. The van der Waals surface area contributed by atoms with E-state index in [1.807, 2.05) is 6.20 Å². The Kier molecular flexibility index (Phi) is 4.00. The third-order valence-corrected chi connectivity index (χ3v) is 3.88. The summed E-state index contributed by atoms with van der Waals surface area (Å²) in [6, 6.07) is 2.22. The Bertz CT molecular complexity index is 405. The lowest BCUT2D eigenvalue weighted by Gasteiger charge is -2.34. The van der Waals surface area contributed by atoms with Crippen LogP contribution in [0.4, 0.5) is 4.39 Å². The molecule has 2 rings (SSSR count). The van der Waals surface area contributed by atoms with Crippen molar-refractivity contribution in [3.63, 3.8) is 0 Å². The maximum atomic E-state index is 13.7. The third kappa shape index (κ3) is 3.29. The summed E-state index contributed by atoms with van der Waals surface area (Å²) < 4.78 is 13.7. The molecule has 0 aliphatic carbocycles. The summed E-state index contributed by atoms with van der Waals surface area (Å²) in [4.78, 5) is 6.81. The summed E-state index contributed by atoms with van der Waals surface area (Å²) >= 11 is 0. The van der Waals surface area contributed by atoms with E-state index < -0.39 is 5.67 Å². The van der Waals surface area contributed by atoms with Crippen molar-refractivity contribution in [3.05, 3.63) is 29.1 Å². The average molecular weight is 250 g/mol. The normalized spacial score (nSPS) is 20.0. The van der Waals surface area contributed by atoms with Crippen LogP contribution < -0.4 is 0 Å². The highest BCUT2D eigenvalue weighted by atomic mass is 19.1. The van der Waals surface area contributed by atoms with Gasteiger partial charge in [-0.2, -0.15) is 0 Å². The van der Waals surface area contributed by atoms with Crippen LogP contribution >= 0.6 is 0 Å². The molecular formula is C15H23FN2. The molecule has 1 aromatic heterocycles. The van der Waals surface area contributed by atoms with Gasteiger partial charge in [0.05, 0.1) is 0 Å². The minimum absolute atomic E-state index is 0.645. The van der Waals surface area contributed by atoms with Crippen LogP contribution in [0.5, 0.6) is 0 Å². The van der Waals surface area contributed by atoms with Crippen LogP contribution in [0, 0.1) is 6.92 Å². The van der Waals surface area contributed by atoms with Crippen LogP contribution in [0.2, 0.25) is 0 Å². The van der Waals surface area contributed by atoms with E-state index in [1.54, 1.807) is 6.92 Å². The van der Waals surface area contributed by atoms with E-state index in [-0.39, 0.29) is 0 Å². The number of rotatable bonds is 3. The molecule has 100 valence electrons. The zero-order valence-corrected chi connectivity index (χ0v) is 11.7. The minimum Gasteiger partial charge on any atom is -0.299 e. The quantitative estimate of drug-likeness (QED) is 0.818. The van der Waals surface area contributed by atoms with Gasteiger partial charge in [-0.1, -0.05) is 13.0 Å². The van der Waals surface area contributed by atoms with Crippen molar-refractivity contribution in [1.82, 2.24) is 9.88 Å². The van der Waals surface area contributed by atoms with E-state index in [9.17, 15) is 4.39 Å². The summed E-state index contributed by atoms with van der Waals surface area (Å²) in [5.74, 6) is 0. The summed E-state index contributed by atoms with van der Waals surface area (Å²) in [7, 11) is 0. The highest BCUT2D eigenvalue weighted by Crippen LogP contribution is 2.26. The lowest BCUT2D eigenvalue weighted by molar-refractivity contribution is 0.0704. The molecule has 1 aliphatic heterocycles. The standard InChI is InChI=1S/C15H23FN2/c1-4-14-12(2)9-13(10-17-14)11-18-7-5-15(3,16)6-8-18/h9-10H,4-8,11H2,1-3H3. The van der Waals surface area contributed by atoms with Gasteiger partial charge in [0.25, 0.3) is 0 Å². The molecule has 0 N–H and O–H groups in total. The van der Waals surface area contributed by atoms with Gasteiger partial charge in [-0.25, -0.2) is 4.39 Å². The van der Waals surface area contributed by atoms with Gasteiger partial charge in [0.2, 0.25) is 0 Å². The number of aromatic nitrogens is 1. The fourth-order valence-electron chi connectivity index (χ4n) is 2.55. The van der Waals surface area contributed by atoms with Crippen molar-refractivity contribution in [2.75, 3.05) is 13.1 Å². The minimum atomic E-state index is -0.962. The SMILES string of the molecule is CCc1ncc(CN2CCC(C)(F)CC2)cc1C. The first-order valence-corrected chi connectivity index (χ1v) is 6.86. The van der Waals surface area contributed by atoms with Gasteiger partial charge in [-0.3, -0.25) is 9.88 Å². The monoisotopic (exact) mass is 250 g/mol. The predicted molar refractivity (Wildman–Crippen MR) is 72.4 cm³/mol. The Balaban J connectivity index is 1.96. The van der Waals surface area contributed by atoms with Gasteiger partial charge in [0, 0.05) is 31.5 Å². The van der Waals surface area contributed by atoms with Gasteiger partial charge in [-0.15, -0.1) is 0 Å². The number of pyridine rings is 1. The van der Waals surface area contributed by atoms with Crippen LogP contribution in [0.1, 0.15) is 43.5 Å². The van der Waals surface area contributed by atoms with Crippen LogP contribution in [0.15, 0.2) is 12.3 Å². The number of likely N-dealkylation sites (tertiary alicyclic amines) is 1. The fourth-order valence-corrected chi connectivity index (χ4v) is 2.55. The van der Waals surface area contributed by atoms with Crippen molar-refractivity contribution in [2.45, 2.75) is 52.2 Å². The molecule has 1 aromatic rings. The molecule has 3 heteroatoms. The molecule has 0 bridgehead atoms. The van der Waals surface area contributed by atoms with Crippen molar-refractivity contribution in [1.29, 1.82) is 0 Å². The van der Waals surface area contributed by atoms with Crippen molar-refractivity contribution >= 4 is 0 Å². The smallest absolute Gasteiger partial charge is 0.110 e. The molecule has 1 fully saturated rings. The Morgan fingerprint density at radius 1 is 1.39 bits per heavy atom. The molecule has 0 saturated carbocycles. The lowest BCUT2D eigenvalue weighted by atomic mass is 9.95. The lowest BCUT2D eigenvalue weighted by Crippen LogP contribution is -2.39. The highest BCUT2D eigenvalue weighted by Gasteiger charge is 2.29. The number of nitrogens with zero attached hydrogens (tertiary/aromatic N) is 2. The average Bonchev–Trinajstić information content (AvgIpc) is 2.32. The van der Waals surface area contributed by atoms with Gasteiger partial charge >= 0.3 is 0 Å². The molecule has 0 amide bonds. The summed E-state index contributed by atoms with van der Waals surface area (Å²) in [6.45, 7) is 8.55. The van der Waals surface area contributed by atoms with E-state index in [4.69, 9.17) is 0 Å². The molecule has 18 heavy (non-hydrogen) atoms. The van der Waals surface area contributed by atoms with Gasteiger partial charge in [0.15, 0.2) is 0 Å². The van der Waals surface area contributed by atoms with Crippen molar-refractivity contribution in [3.8, 4) is 0 Å². The fraction of sp³-hybridized carbons (Fsp3) is 0.667. The second-order valence-corrected chi connectivity index (χ2v) is 5.65. The van der Waals surface area contributed by atoms with E-state index in [0.717, 1.165) is 26.1 Å². The molecule has 2 heterocycles. The van der Waals surface area contributed by atoms with E-state index >= 15 is 0 Å². The van der Waals surface area contributed by atoms with Gasteiger partial charge in [0.1, 0.15) is 5.67 Å². The first-order valence-electron chi connectivity index (χ1n) is 6.86. The van der Waals surface area contributed by atoms with E-state index in [1.165, 1.54) is 16.8 Å². The topological polar surface area (TPSA) is 16.1 Å². The number of aryl methyl sites for hydroxylation is 2. The summed E-state index contributed by atoms with van der Waals surface area (Å²) in [5, 5.41) is 0. The van der Waals surface area contributed by atoms with Gasteiger partial charge < -0.3 is 0 Å². The van der Waals surface area contributed by atoms with Crippen LogP contribution in [0.3, 0.4) is 0 Å². The van der Waals surface area contributed by atoms with Crippen molar-refractivity contribution in [2.24, 2.45) is 0 Å². The zero-order valence-electron chi connectivity index (χ0n) is 11.7. The Hall–Kier alpha value is -0.960.